The Morgan fingerprint density at radius 1 is 1.00 bits per heavy atom. The van der Waals surface area contributed by atoms with E-state index in [0.717, 1.165) is 19.3 Å². The van der Waals surface area contributed by atoms with E-state index in [1.54, 1.807) is 0 Å². The van der Waals surface area contributed by atoms with Crippen molar-refractivity contribution in [1.29, 1.82) is 0 Å². The van der Waals surface area contributed by atoms with Crippen LogP contribution in [0.3, 0.4) is 0 Å². The Morgan fingerprint density at radius 2 is 1.58 bits per heavy atom. The van der Waals surface area contributed by atoms with Crippen LogP contribution in [0.25, 0.3) is 5.57 Å². The molecule has 1 rings (SSSR count). The second kappa shape index (κ2) is 11.7. The maximum atomic E-state index is 4.37. The summed E-state index contributed by atoms with van der Waals surface area (Å²) in [5.74, 6) is 0.847. The molecule has 0 aliphatic heterocycles. The summed E-state index contributed by atoms with van der Waals surface area (Å²) in [6, 6.07) is 10.8. The van der Waals surface area contributed by atoms with Crippen molar-refractivity contribution in [3.63, 3.8) is 0 Å². The molecular weight excluding hydrogens is 374 g/mol. The van der Waals surface area contributed by atoms with E-state index in [2.05, 4.69) is 111 Å². The van der Waals surface area contributed by atoms with Gasteiger partial charge in [0.1, 0.15) is 0 Å². The van der Waals surface area contributed by atoms with Crippen LogP contribution in [0.5, 0.6) is 0 Å². The highest BCUT2D eigenvalue weighted by Crippen LogP contribution is 2.37. The first-order valence-corrected chi connectivity index (χ1v) is 12.2. The minimum atomic E-state index is 0.0312. The summed E-state index contributed by atoms with van der Waals surface area (Å²) in [5, 5.41) is 4.09. The van der Waals surface area contributed by atoms with Crippen LogP contribution in [0, 0.1) is 17.3 Å². The molecule has 3 atom stereocenters. The van der Waals surface area contributed by atoms with Gasteiger partial charge < -0.3 is 5.32 Å². The lowest BCUT2D eigenvalue weighted by Crippen LogP contribution is -2.47. The van der Waals surface area contributed by atoms with Crippen molar-refractivity contribution in [3.8, 4) is 0 Å². The summed E-state index contributed by atoms with van der Waals surface area (Å²) in [6.07, 6.45) is 5.43. The molecule has 0 fully saturated rings. The van der Waals surface area contributed by atoms with Crippen molar-refractivity contribution in [2.24, 2.45) is 17.3 Å². The van der Waals surface area contributed by atoms with E-state index in [9.17, 15) is 0 Å². The molecule has 0 aliphatic rings. The molecule has 0 aromatic heterocycles. The van der Waals surface area contributed by atoms with E-state index in [1.807, 2.05) is 0 Å². The Bertz CT molecular complexity index is 746. The third kappa shape index (κ3) is 8.36. The third-order valence-electron chi connectivity index (χ3n) is 7.09. The van der Waals surface area contributed by atoms with Gasteiger partial charge in [-0.2, -0.15) is 0 Å². The zero-order chi connectivity index (χ0) is 23.8. The minimum absolute atomic E-state index is 0.0312. The molecule has 3 unspecified atom stereocenters. The molecule has 0 spiro atoms. The summed E-state index contributed by atoms with van der Waals surface area (Å²) in [6.45, 7) is 29.5. The van der Waals surface area contributed by atoms with Crippen LogP contribution in [0.2, 0.25) is 0 Å². The Kier molecular flexibility index (Phi) is 10.3. The van der Waals surface area contributed by atoms with Gasteiger partial charge in [-0.3, -0.25) is 0 Å². The first-order valence-electron chi connectivity index (χ1n) is 12.2. The largest absolute Gasteiger partial charge is 0.382 e. The average Bonchev–Trinajstić information content (AvgIpc) is 2.71. The molecule has 0 aliphatic carbocycles. The SMILES string of the molecule is C=C(CC)C/C(NC(C)(CC)C(C)CCC(C)(C)C)=C(/c1ccccc1)C(C)C(=C)C. The van der Waals surface area contributed by atoms with Gasteiger partial charge >= 0.3 is 0 Å². The predicted octanol–water partition coefficient (Wildman–Crippen LogP) is 9.19. The van der Waals surface area contributed by atoms with Crippen LogP contribution in [0.15, 0.2) is 60.3 Å². The second-order valence-corrected chi connectivity index (χ2v) is 11.0. The van der Waals surface area contributed by atoms with Crippen LogP contribution in [0.1, 0.15) is 100.0 Å². The van der Waals surface area contributed by atoms with Gasteiger partial charge in [0.05, 0.1) is 0 Å². The molecule has 1 nitrogen and oxygen atoms in total. The lowest BCUT2D eigenvalue weighted by Gasteiger charge is -2.40. The summed E-state index contributed by atoms with van der Waals surface area (Å²) >= 11 is 0. The van der Waals surface area contributed by atoms with Crippen LogP contribution >= 0.6 is 0 Å². The van der Waals surface area contributed by atoms with Crippen molar-refractivity contribution < 1.29 is 0 Å². The van der Waals surface area contributed by atoms with Crippen molar-refractivity contribution in [1.82, 2.24) is 5.32 Å². The van der Waals surface area contributed by atoms with Crippen molar-refractivity contribution in [3.05, 3.63) is 65.9 Å². The van der Waals surface area contributed by atoms with Gasteiger partial charge in [0, 0.05) is 23.6 Å². The molecule has 1 heteroatoms. The van der Waals surface area contributed by atoms with E-state index in [1.165, 1.54) is 40.8 Å². The highest BCUT2D eigenvalue weighted by Gasteiger charge is 2.32. The number of allylic oxidation sites excluding steroid dienone is 3. The van der Waals surface area contributed by atoms with Crippen LogP contribution < -0.4 is 5.32 Å². The standard InChI is InChI=1S/C30H49N/c1-12-23(5)21-27(28(25(7)22(3)4)26-17-15-14-16-18-26)31-30(11,13-2)24(6)19-20-29(8,9)10/h14-18,24-25,31H,3,5,12-13,19-21H2,1-2,4,6-11H3/b28-27-. The Hall–Kier alpha value is -1.76. The van der Waals surface area contributed by atoms with E-state index in [-0.39, 0.29) is 11.5 Å². The fourth-order valence-electron chi connectivity index (χ4n) is 4.00. The van der Waals surface area contributed by atoms with Gasteiger partial charge in [-0.25, -0.2) is 0 Å². The molecule has 31 heavy (non-hydrogen) atoms. The zero-order valence-electron chi connectivity index (χ0n) is 22.0. The van der Waals surface area contributed by atoms with Crippen molar-refractivity contribution in [2.45, 2.75) is 100.0 Å². The van der Waals surface area contributed by atoms with Crippen molar-refractivity contribution >= 4 is 5.57 Å². The van der Waals surface area contributed by atoms with E-state index in [4.69, 9.17) is 0 Å². The summed E-state index contributed by atoms with van der Waals surface area (Å²) in [4.78, 5) is 0. The molecule has 1 N–H and O–H groups in total. The lowest BCUT2D eigenvalue weighted by molar-refractivity contribution is 0.213. The number of hydrogen-bond acceptors (Lipinski definition) is 1. The number of rotatable bonds is 12. The van der Waals surface area contributed by atoms with Gasteiger partial charge in [0.2, 0.25) is 0 Å². The summed E-state index contributed by atoms with van der Waals surface area (Å²) in [7, 11) is 0. The molecule has 0 heterocycles. The smallest absolute Gasteiger partial charge is 0.0365 e. The number of nitrogens with one attached hydrogen (secondary N) is 1. The number of benzene rings is 1. The number of hydrogen-bond donors (Lipinski definition) is 1. The highest BCUT2D eigenvalue weighted by atomic mass is 15.0. The monoisotopic (exact) mass is 423 g/mol. The molecule has 0 saturated heterocycles. The van der Waals surface area contributed by atoms with Gasteiger partial charge in [-0.1, -0.05) is 103 Å². The van der Waals surface area contributed by atoms with E-state index < -0.39 is 0 Å². The topological polar surface area (TPSA) is 12.0 Å². The first-order chi connectivity index (χ1) is 14.3. The lowest BCUT2D eigenvalue weighted by atomic mass is 9.77. The molecule has 174 valence electrons. The second-order valence-electron chi connectivity index (χ2n) is 11.0. The summed E-state index contributed by atoms with van der Waals surface area (Å²) < 4.78 is 0. The molecule has 1 aromatic carbocycles. The van der Waals surface area contributed by atoms with Crippen LogP contribution in [0.4, 0.5) is 0 Å². The molecule has 0 radical (unpaired) electrons. The van der Waals surface area contributed by atoms with Crippen molar-refractivity contribution in [2.75, 3.05) is 0 Å². The predicted molar refractivity (Wildman–Crippen MR) is 141 cm³/mol. The molecular formula is C30H49N. The molecule has 1 aromatic rings. The first kappa shape index (κ1) is 27.3. The van der Waals surface area contributed by atoms with Gasteiger partial charge in [-0.15, -0.1) is 0 Å². The van der Waals surface area contributed by atoms with Gasteiger partial charge in [-0.05, 0) is 62.0 Å². The van der Waals surface area contributed by atoms with Gasteiger partial charge in [0.15, 0.2) is 0 Å². The Balaban J connectivity index is 3.52. The van der Waals surface area contributed by atoms with Crippen LogP contribution in [-0.4, -0.2) is 5.54 Å². The Labute approximate surface area is 194 Å². The summed E-state index contributed by atoms with van der Waals surface area (Å²) in [5.41, 5.74) is 6.83. The average molecular weight is 424 g/mol. The fraction of sp³-hybridized carbons (Fsp3) is 0.600. The quantitative estimate of drug-likeness (QED) is 0.330. The molecule has 0 bridgehead atoms. The van der Waals surface area contributed by atoms with Crippen LogP contribution in [-0.2, 0) is 0 Å². The van der Waals surface area contributed by atoms with Gasteiger partial charge in [0.25, 0.3) is 0 Å². The normalized spacial score (nSPS) is 16.7. The maximum absolute atomic E-state index is 4.37. The maximum Gasteiger partial charge on any atom is 0.0365 e. The van der Waals surface area contributed by atoms with E-state index >= 15 is 0 Å². The third-order valence-corrected chi connectivity index (χ3v) is 7.09. The van der Waals surface area contributed by atoms with E-state index in [0.29, 0.717) is 11.3 Å². The highest BCUT2D eigenvalue weighted by molar-refractivity contribution is 5.72. The zero-order valence-corrected chi connectivity index (χ0v) is 22.0. The Morgan fingerprint density at radius 3 is 2.03 bits per heavy atom. The minimum Gasteiger partial charge on any atom is -0.382 e. The molecule has 0 amide bonds. The fourth-order valence-corrected chi connectivity index (χ4v) is 4.00. The molecule has 0 saturated carbocycles.